The molecule has 120 valence electrons. The molecule has 1 amide bonds. The molecule has 4 nitrogen and oxygen atoms in total. The third kappa shape index (κ3) is 3.42. The van der Waals surface area contributed by atoms with Crippen LogP contribution in [0.1, 0.15) is 23.6 Å². The second kappa shape index (κ2) is 6.50. The van der Waals surface area contributed by atoms with E-state index in [1.807, 2.05) is 36.1 Å². The second-order valence-electron chi connectivity index (χ2n) is 6.24. The van der Waals surface area contributed by atoms with Crippen molar-refractivity contribution in [3.8, 4) is 0 Å². The van der Waals surface area contributed by atoms with E-state index in [0.29, 0.717) is 26.1 Å². The summed E-state index contributed by atoms with van der Waals surface area (Å²) in [7, 11) is 0. The first-order valence-electron chi connectivity index (χ1n) is 7.95. The molecule has 1 unspecified atom stereocenters. The van der Waals surface area contributed by atoms with E-state index in [4.69, 9.17) is 4.74 Å². The molecule has 2 aromatic rings. The summed E-state index contributed by atoms with van der Waals surface area (Å²) in [5.41, 5.74) is 2.76. The molecule has 1 fully saturated rings. The zero-order valence-corrected chi connectivity index (χ0v) is 13.7. The highest BCUT2D eigenvalue weighted by atomic mass is 16.5. The van der Waals surface area contributed by atoms with E-state index >= 15 is 0 Å². The van der Waals surface area contributed by atoms with Crippen LogP contribution in [0.4, 0.5) is 0 Å². The van der Waals surface area contributed by atoms with Gasteiger partial charge in [0.25, 0.3) is 0 Å². The van der Waals surface area contributed by atoms with Crippen molar-refractivity contribution in [1.82, 2.24) is 9.88 Å². The highest BCUT2D eigenvalue weighted by molar-refractivity contribution is 5.79. The summed E-state index contributed by atoms with van der Waals surface area (Å²) in [4.78, 5) is 18.7. The quantitative estimate of drug-likeness (QED) is 0.875. The lowest BCUT2D eigenvalue weighted by molar-refractivity contribution is -0.149. The molecule has 0 N–H and O–H groups in total. The van der Waals surface area contributed by atoms with Crippen molar-refractivity contribution in [3.05, 3.63) is 65.5 Å². The standard InChI is InChI=1S/C19H22N2O2/c1-15-8-9-20-13-16(15)12-18(22)21-10-11-23-19(2,14-21)17-6-4-3-5-7-17/h3-9,13H,10-12,14H2,1-2H3. The third-order valence-corrected chi connectivity index (χ3v) is 4.50. The number of morpholine rings is 1. The molecule has 0 aliphatic carbocycles. The Morgan fingerprint density at radius 3 is 2.83 bits per heavy atom. The molecule has 1 atom stereocenters. The number of carbonyl (C=O) groups excluding carboxylic acids is 1. The van der Waals surface area contributed by atoms with Crippen molar-refractivity contribution in [2.24, 2.45) is 0 Å². The molecule has 4 heteroatoms. The van der Waals surface area contributed by atoms with Gasteiger partial charge in [0.05, 0.1) is 19.6 Å². The predicted octanol–water partition coefficient (Wildman–Crippen LogP) is 2.71. The van der Waals surface area contributed by atoms with Gasteiger partial charge in [0.2, 0.25) is 5.91 Å². The number of amides is 1. The normalized spacial score (nSPS) is 21.2. The van der Waals surface area contributed by atoms with E-state index < -0.39 is 5.60 Å². The van der Waals surface area contributed by atoms with E-state index in [9.17, 15) is 4.79 Å². The molecule has 0 spiro atoms. The number of hydrogen-bond acceptors (Lipinski definition) is 3. The highest BCUT2D eigenvalue weighted by Crippen LogP contribution is 2.29. The van der Waals surface area contributed by atoms with Crippen LogP contribution in [0.25, 0.3) is 0 Å². The highest BCUT2D eigenvalue weighted by Gasteiger charge is 2.35. The van der Waals surface area contributed by atoms with Crippen LogP contribution in [0.2, 0.25) is 0 Å². The number of rotatable bonds is 3. The van der Waals surface area contributed by atoms with Gasteiger partial charge in [-0.05, 0) is 36.6 Å². The molecule has 1 aromatic heterocycles. The van der Waals surface area contributed by atoms with Gasteiger partial charge in [-0.15, -0.1) is 0 Å². The number of nitrogens with zero attached hydrogens (tertiary/aromatic N) is 2. The van der Waals surface area contributed by atoms with Crippen molar-refractivity contribution in [3.63, 3.8) is 0 Å². The van der Waals surface area contributed by atoms with E-state index in [1.54, 1.807) is 12.4 Å². The summed E-state index contributed by atoms with van der Waals surface area (Å²) < 4.78 is 6.00. The molecular weight excluding hydrogens is 288 g/mol. The van der Waals surface area contributed by atoms with Crippen molar-refractivity contribution in [2.45, 2.75) is 25.9 Å². The summed E-state index contributed by atoms with van der Waals surface area (Å²) in [5, 5.41) is 0. The van der Waals surface area contributed by atoms with E-state index in [0.717, 1.165) is 16.7 Å². The lowest BCUT2D eigenvalue weighted by atomic mass is 9.93. The summed E-state index contributed by atoms with van der Waals surface area (Å²) in [6, 6.07) is 12.0. The van der Waals surface area contributed by atoms with Gasteiger partial charge in [-0.3, -0.25) is 9.78 Å². The van der Waals surface area contributed by atoms with Gasteiger partial charge in [0.1, 0.15) is 5.60 Å². The van der Waals surface area contributed by atoms with Gasteiger partial charge in [-0.2, -0.15) is 0 Å². The Bertz CT molecular complexity index is 687. The van der Waals surface area contributed by atoms with E-state index in [-0.39, 0.29) is 5.91 Å². The molecule has 23 heavy (non-hydrogen) atoms. The summed E-state index contributed by atoms with van der Waals surface area (Å²) in [6.45, 7) is 5.84. The molecule has 2 heterocycles. The van der Waals surface area contributed by atoms with Gasteiger partial charge in [-0.25, -0.2) is 0 Å². The number of benzene rings is 1. The minimum absolute atomic E-state index is 0.131. The summed E-state index contributed by atoms with van der Waals surface area (Å²) >= 11 is 0. The van der Waals surface area contributed by atoms with Crippen LogP contribution in [0.5, 0.6) is 0 Å². The van der Waals surface area contributed by atoms with E-state index in [2.05, 4.69) is 24.0 Å². The lowest BCUT2D eigenvalue weighted by Crippen LogP contribution is -2.50. The van der Waals surface area contributed by atoms with Gasteiger partial charge < -0.3 is 9.64 Å². The molecule has 1 saturated heterocycles. The largest absolute Gasteiger partial charge is 0.367 e. The molecular formula is C19H22N2O2. The first-order chi connectivity index (χ1) is 11.1. The van der Waals surface area contributed by atoms with Crippen LogP contribution >= 0.6 is 0 Å². The maximum Gasteiger partial charge on any atom is 0.227 e. The summed E-state index contributed by atoms with van der Waals surface area (Å²) in [6.07, 6.45) is 3.93. The number of carbonyl (C=O) groups is 1. The predicted molar refractivity (Wildman–Crippen MR) is 89.0 cm³/mol. The Balaban J connectivity index is 1.73. The Morgan fingerprint density at radius 2 is 2.09 bits per heavy atom. The number of aromatic nitrogens is 1. The maximum atomic E-state index is 12.7. The molecule has 0 bridgehead atoms. The van der Waals surface area contributed by atoms with Gasteiger partial charge >= 0.3 is 0 Å². The van der Waals surface area contributed by atoms with Gasteiger partial charge in [-0.1, -0.05) is 30.3 Å². The molecule has 3 rings (SSSR count). The minimum Gasteiger partial charge on any atom is -0.367 e. The van der Waals surface area contributed by atoms with Crippen molar-refractivity contribution in [1.29, 1.82) is 0 Å². The maximum absolute atomic E-state index is 12.7. The van der Waals surface area contributed by atoms with Gasteiger partial charge in [0.15, 0.2) is 0 Å². The zero-order valence-electron chi connectivity index (χ0n) is 13.7. The van der Waals surface area contributed by atoms with Crippen LogP contribution < -0.4 is 0 Å². The number of pyridine rings is 1. The van der Waals surface area contributed by atoms with Crippen LogP contribution in [-0.2, 0) is 21.6 Å². The fraction of sp³-hybridized carbons (Fsp3) is 0.368. The van der Waals surface area contributed by atoms with Crippen LogP contribution in [0.15, 0.2) is 48.8 Å². The second-order valence-corrected chi connectivity index (χ2v) is 6.24. The van der Waals surface area contributed by atoms with Gasteiger partial charge in [0, 0.05) is 18.9 Å². The molecule has 0 radical (unpaired) electrons. The average molecular weight is 310 g/mol. The first-order valence-corrected chi connectivity index (χ1v) is 7.95. The lowest BCUT2D eigenvalue weighted by Gasteiger charge is -2.41. The molecule has 0 saturated carbocycles. The van der Waals surface area contributed by atoms with Crippen LogP contribution in [-0.4, -0.2) is 35.5 Å². The van der Waals surface area contributed by atoms with Crippen LogP contribution in [0.3, 0.4) is 0 Å². The van der Waals surface area contributed by atoms with E-state index in [1.165, 1.54) is 0 Å². The Labute approximate surface area is 137 Å². The number of aryl methyl sites for hydroxylation is 1. The molecule has 1 aromatic carbocycles. The first kappa shape index (κ1) is 15.7. The molecule has 1 aliphatic heterocycles. The topological polar surface area (TPSA) is 42.4 Å². The Kier molecular flexibility index (Phi) is 4.44. The van der Waals surface area contributed by atoms with Crippen molar-refractivity contribution in [2.75, 3.05) is 19.7 Å². The third-order valence-electron chi connectivity index (χ3n) is 4.50. The monoisotopic (exact) mass is 310 g/mol. The fourth-order valence-corrected chi connectivity index (χ4v) is 3.00. The SMILES string of the molecule is Cc1ccncc1CC(=O)N1CCOC(C)(c2ccccc2)C1. The average Bonchev–Trinajstić information content (AvgIpc) is 2.58. The smallest absolute Gasteiger partial charge is 0.227 e. The summed E-state index contributed by atoms with van der Waals surface area (Å²) in [5.74, 6) is 0.131. The Morgan fingerprint density at radius 1 is 1.30 bits per heavy atom. The zero-order chi connectivity index (χ0) is 16.3. The van der Waals surface area contributed by atoms with Crippen molar-refractivity contribution >= 4 is 5.91 Å². The fourth-order valence-electron chi connectivity index (χ4n) is 3.00. The number of ether oxygens (including phenoxy) is 1. The molecule has 1 aliphatic rings. The van der Waals surface area contributed by atoms with Crippen molar-refractivity contribution < 1.29 is 9.53 Å². The number of hydrogen-bond donors (Lipinski definition) is 0. The Hall–Kier alpha value is -2.20. The van der Waals surface area contributed by atoms with Crippen LogP contribution in [0, 0.1) is 6.92 Å². The minimum atomic E-state index is -0.445.